The Morgan fingerprint density at radius 2 is 1.87 bits per heavy atom. The second kappa shape index (κ2) is 5.03. The molecule has 2 bridgehead atoms. The number of imide groups is 1. The molecule has 2 amide bonds. The number of aryl methyl sites for hydroxylation is 1. The molecule has 1 aromatic heterocycles. The zero-order valence-corrected chi connectivity index (χ0v) is 13.8. The number of amides is 2. The first-order valence-electron chi connectivity index (χ1n) is 7.84. The van der Waals surface area contributed by atoms with E-state index in [2.05, 4.69) is 12.2 Å². The van der Waals surface area contributed by atoms with E-state index < -0.39 is 5.97 Å². The lowest BCUT2D eigenvalue weighted by atomic mass is 9.85. The quantitative estimate of drug-likeness (QED) is 0.485. The summed E-state index contributed by atoms with van der Waals surface area (Å²) in [7, 11) is 1.31. The number of hydrogen-bond acceptors (Lipinski definition) is 5. The number of esters is 1. The molecule has 0 radical (unpaired) electrons. The second-order valence-corrected chi connectivity index (χ2v) is 7.40. The van der Waals surface area contributed by atoms with Crippen LogP contribution in [-0.2, 0) is 20.7 Å². The molecule has 0 aromatic carbocycles. The Bertz CT molecular complexity index is 720. The average molecular weight is 331 g/mol. The molecule has 0 unspecified atom stereocenters. The number of fused-ring (bicyclic) bond motifs is 5. The monoisotopic (exact) mass is 331 g/mol. The van der Waals surface area contributed by atoms with Crippen LogP contribution >= 0.6 is 11.3 Å². The van der Waals surface area contributed by atoms with Gasteiger partial charge in [0, 0.05) is 4.88 Å². The molecular formula is C17H17NO4S. The first-order chi connectivity index (χ1) is 11.1. The van der Waals surface area contributed by atoms with Gasteiger partial charge in [-0.3, -0.25) is 9.59 Å². The average Bonchev–Trinajstić information content (AvgIpc) is 3.29. The van der Waals surface area contributed by atoms with Crippen LogP contribution in [0.5, 0.6) is 0 Å². The number of thiophene rings is 1. The fourth-order valence-corrected chi connectivity index (χ4v) is 5.22. The van der Waals surface area contributed by atoms with Crippen molar-refractivity contribution < 1.29 is 19.1 Å². The maximum absolute atomic E-state index is 12.9. The maximum atomic E-state index is 12.9. The molecule has 1 aliphatic heterocycles. The molecule has 2 heterocycles. The van der Waals surface area contributed by atoms with Gasteiger partial charge in [0.1, 0.15) is 5.00 Å². The van der Waals surface area contributed by atoms with Gasteiger partial charge in [-0.15, -0.1) is 11.3 Å². The molecule has 4 atom stereocenters. The van der Waals surface area contributed by atoms with Gasteiger partial charge >= 0.3 is 5.97 Å². The van der Waals surface area contributed by atoms with E-state index in [-0.39, 0.29) is 35.5 Å². The molecule has 6 heteroatoms. The van der Waals surface area contributed by atoms with E-state index >= 15 is 0 Å². The van der Waals surface area contributed by atoms with Crippen molar-refractivity contribution in [3.05, 3.63) is 28.7 Å². The number of rotatable bonds is 3. The normalized spacial score (nSPS) is 31.1. The highest BCUT2D eigenvalue weighted by Gasteiger charge is 2.60. The van der Waals surface area contributed by atoms with Gasteiger partial charge in [-0.25, -0.2) is 9.69 Å². The van der Waals surface area contributed by atoms with Crippen molar-refractivity contribution in [1.29, 1.82) is 0 Å². The smallest absolute Gasteiger partial charge is 0.340 e. The first-order valence-corrected chi connectivity index (χ1v) is 8.65. The number of methoxy groups -OCH3 is 1. The fourth-order valence-electron chi connectivity index (χ4n) is 4.13. The van der Waals surface area contributed by atoms with Gasteiger partial charge in [-0.2, -0.15) is 0 Å². The molecular weight excluding hydrogens is 314 g/mol. The molecule has 23 heavy (non-hydrogen) atoms. The third kappa shape index (κ3) is 1.87. The van der Waals surface area contributed by atoms with Crippen molar-refractivity contribution in [3.8, 4) is 0 Å². The van der Waals surface area contributed by atoms with E-state index in [1.807, 2.05) is 6.92 Å². The molecule has 5 nitrogen and oxygen atoms in total. The van der Waals surface area contributed by atoms with Crippen LogP contribution in [0.3, 0.4) is 0 Å². The Kier molecular flexibility index (Phi) is 3.20. The van der Waals surface area contributed by atoms with Crippen LogP contribution < -0.4 is 4.90 Å². The van der Waals surface area contributed by atoms with Crippen molar-refractivity contribution >= 4 is 34.1 Å². The zero-order chi connectivity index (χ0) is 16.3. The minimum absolute atomic E-state index is 0.161. The fraction of sp³-hybridized carbons (Fsp3) is 0.471. The molecule has 120 valence electrons. The molecule has 4 rings (SSSR count). The van der Waals surface area contributed by atoms with E-state index in [0.29, 0.717) is 10.6 Å². The highest BCUT2D eigenvalue weighted by Crippen LogP contribution is 2.54. The van der Waals surface area contributed by atoms with E-state index in [4.69, 9.17) is 4.74 Å². The van der Waals surface area contributed by atoms with Gasteiger partial charge < -0.3 is 4.74 Å². The number of allylic oxidation sites excluding steroid dienone is 2. The summed E-state index contributed by atoms with van der Waals surface area (Å²) in [6.07, 6.45) is 5.76. The number of carbonyl (C=O) groups is 3. The van der Waals surface area contributed by atoms with E-state index in [1.165, 1.54) is 23.3 Å². The highest BCUT2D eigenvalue weighted by atomic mass is 32.1. The van der Waals surface area contributed by atoms with Gasteiger partial charge in [0.25, 0.3) is 0 Å². The largest absolute Gasteiger partial charge is 0.465 e. The van der Waals surface area contributed by atoms with Gasteiger partial charge in [-0.1, -0.05) is 19.1 Å². The zero-order valence-electron chi connectivity index (χ0n) is 12.9. The van der Waals surface area contributed by atoms with Crippen LogP contribution in [0.25, 0.3) is 0 Å². The number of nitrogens with zero attached hydrogens (tertiary/aromatic N) is 1. The third-order valence-corrected chi connectivity index (χ3v) is 6.46. The molecule has 0 N–H and O–H groups in total. The van der Waals surface area contributed by atoms with Crippen LogP contribution in [-0.4, -0.2) is 24.9 Å². The minimum atomic E-state index is -0.505. The first kappa shape index (κ1) is 14.6. The summed E-state index contributed by atoms with van der Waals surface area (Å²) >= 11 is 1.33. The molecule has 2 fully saturated rings. The molecule has 3 aliphatic rings. The van der Waals surface area contributed by atoms with Gasteiger partial charge in [0.2, 0.25) is 11.8 Å². The Labute approximate surface area is 137 Å². The van der Waals surface area contributed by atoms with Gasteiger partial charge in [0.05, 0.1) is 24.5 Å². The lowest BCUT2D eigenvalue weighted by Gasteiger charge is -2.16. The Hall–Kier alpha value is -1.95. The molecule has 1 saturated carbocycles. The summed E-state index contributed by atoms with van der Waals surface area (Å²) < 4.78 is 4.82. The lowest BCUT2D eigenvalue weighted by molar-refractivity contribution is -0.123. The second-order valence-electron chi connectivity index (χ2n) is 6.29. The van der Waals surface area contributed by atoms with E-state index in [9.17, 15) is 14.4 Å². The number of anilines is 1. The molecule has 1 saturated heterocycles. The Balaban J connectivity index is 1.77. The standard InChI is InChI=1S/C17H17NO4S/c1-3-10-7-11(17(21)22-2)16(23-10)18-14(19)12-8-4-5-9(6-8)13(12)15(18)20/h4-5,7-9,12-13H,3,6H2,1-2H3/t8-,9-,12-,13+/m0/s1. The predicted octanol–water partition coefficient (Wildman–Crippen LogP) is 2.41. The van der Waals surface area contributed by atoms with Crippen LogP contribution in [0.2, 0.25) is 0 Å². The summed E-state index contributed by atoms with van der Waals surface area (Å²) in [6.45, 7) is 1.98. The van der Waals surface area contributed by atoms with Crippen molar-refractivity contribution in [1.82, 2.24) is 0 Å². The van der Waals surface area contributed by atoms with Crippen LogP contribution in [0.4, 0.5) is 5.00 Å². The van der Waals surface area contributed by atoms with E-state index in [1.54, 1.807) is 6.07 Å². The minimum Gasteiger partial charge on any atom is -0.465 e. The molecule has 2 aliphatic carbocycles. The van der Waals surface area contributed by atoms with Gasteiger partial charge in [0.15, 0.2) is 0 Å². The number of hydrogen-bond donors (Lipinski definition) is 0. The summed E-state index contributed by atoms with van der Waals surface area (Å²) in [5.41, 5.74) is 0.316. The number of ether oxygens (including phenoxy) is 1. The van der Waals surface area contributed by atoms with Crippen molar-refractivity contribution in [2.45, 2.75) is 19.8 Å². The Morgan fingerprint density at radius 3 is 2.39 bits per heavy atom. The van der Waals surface area contributed by atoms with Crippen LogP contribution in [0.15, 0.2) is 18.2 Å². The van der Waals surface area contributed by atoms with Crippen molar-refractivity contribution in [3.63, 3.8) is 0 Å². The summed E-state index contributed by atoms with van der Waals surface area (Å²) in [4.78, 5) is 40.0. The summed E-state index contributed by atoms with van der Waals surface area (Å²) in [5.74, 6) is -1.00. The van der Waals surface area contributed by atoms with Crippen molar-refractivity contribution in [2.75, 3.05) is 12.0 Å². The summed E-state index contributed by atoms with van der Waals surface area (Å²) in [5, 5.41) is 0.428. The topological polar surface area (TPSA) is 63.7 Å². The molecule has 0 spiro atoms. The third-order valence-electron chi connectivity index (χ3n) is 5.19. The predicted molar refractivity (Wildman–Crippen MR) is 85.2 cm³/mol. The van der Waals surface area contributed by atoms with Crippen LogP contribution in [0.1, 0.15) is 28.6 Å². The SMILES string of the molecule is CCc1cc(C(=O)OC)c(N2C(=O)[C@@H]3[C@H](C2=O)[C@H]2C=C[C@H]3C2)s1. The van der Waals surface area contributed by atoms with Gasteiger partial charge in [-0.05, 0) is 30.7 Å². The summed E-state index contributed by atoms with van der Waals surface area (Å²) in [6, 6.07) is 1.73. The Morgan fingerprint density at radius 1 is 1.26 bits per heavy atom. The van der Waals surface area contributed by atoms with Crippen molar-refractivity contribution in [2.24, 2.45) is 23.7 Å². The van der Waals surface area contributed by atoms with Crippen LogP contribution in [0, 0.1) is 23.7 Å². The molecule has 1 aromatic rings. The van der Waals surface area contributed by atoms with E-state index in [0.717, 1.165) is 17.7 Å². The highest BCUT2D eigenvalue weighted by molar-refractivity contribution is 7.17. The number of carbonyl (C=O) groups excluding carboxylic acids is 3. The lowest BCUT2D eigenvalue weighted by Crippen LogP contribution is -2.33. The maximum Gasteiger partial charge on any atom is 0.340 e.